The zero-order chi connectivity index (χ0) is 16.2. The molecule has 7 heteroatoms. The highest BCUT2D eigenvalue weighted by Crippen LogP contribution is 2.27. The predicted octanol–water partition coefficient (Wildman–Crippen LogP) is 0.523. The lowest BCUT2D eigenvalue weighted by Crippen LogP contribution is -2.44. The molecule has 1 aliphatic heterocycles. The molecule has 3 rings (SSSR count). The molecule has 1 atom stereocenters. The van der Waals surface area contributed by atoms with Crippen LogP contribution in [-0.2, 0) is 11.3 Å². The second-order valence-corrected chi connectivity index (χ2v) is 5.28. The van der Waals surface area contributed by atoms with Crippen LogP contribution in [0.5, 0.6) is 0 Å². The van der Waals surface area contributed by atoms with E-state index in [0.717, 1.165) is 5.56 Å². The maximum absolute atomic E-state index is 12.5. The fourth-order valence-corrected chi connectivity index (χ4v) is 2.70. The molecule has 2 aromatic heterocycles. The third-order valence-corrected chi connectivity index (χ3v) is 3.77. The van der Waals surface area contributed by atoms with Crippen molar-refractivity contribution in [2.45, 2.75) is 12.5 Å². The van der Waals surface area contributed by atoms with Crippen LogP contribution in [0.4, 0.5) is 0 Å². The van der Waals surface area contributed by atoms with Crippen molar-refractivity contribution in [2.75, 3.05) is 19.7 Å². The number of hydrogen-bond acceptors (Lipinski definition) is 5. The number of aromatic nitrogens is 1. The van der Waals surface area contributed by atoms with Crippen molar-refractivity contribution in [2.24, 2.45) is 0 Å². The molecular formula is C16H17N3O4. The Morgan fingerprint density at radius 1 is 1.39 bits per heavy atom. The van der Waals surface area contributed by atoms with Crippen molar-refractivity contribution >= 4 is 11.8 Å². The number of hydrogen-bond donors (Lipinski definition) is 2. The number of aliphatic hydroxyl groups is 1. The smallest absolute Gasteiger partial charge is 0.289 e. The summed E-state index contributed by atoms with van der Waals surface area (Å²) < 4.78 is 5.16. The van der Waals surface area contributed by atoms with E-state index >= 15 is 0 Å². The van der Waals surface area contributed by atoms with Gasteiger partial charge in [-0.25, -0.2) is 0 Å². The lowest BCUT2D eigenvalue weighted by Gasteiger charge is -2.32. The van der Waals surface area contributed by atoms with Gasteiger partial charge in [-0.3, -0.25) is 14.6 Å². The Labute approximate surface area is 132 Å². The number of fused-ring (bicyclic) bond motifs is 1. The molecule has 7 nitrogen and oxygen atoms in total. The summed E-state index contributed by atoms with van der Waals surface area (Å²) in [6.45, 7) is 0.638. The first-order chi connectivity index (χ1) is 11.2. The molecule has 2 aromatic rings. The zero-order valence-corrected chi connectivity index (χ0v) is 12.4. The van der Waals surface area contributed by atoms with Gasteiger partial charge in [-0.2, -0.15) is 0 Å². The van der Waals surface area contributed by atoms with Gasteiger partial charge in [-0.05, 0) is 23.8 Å². The zero-order valence-electron chi connectivity index (χ0n) is 12.4. The molecule has 0 aliphatic carbocycles. The lowest BCUT2D eigenvalue weighted by atomic mass is 9.93. The molecule has 1 aliphatic rings. The van der Waals surface area contributed by atoms with Crippen molar-refractivity contribution < 1.29 is 19.1 Å². The van der Waals surface area contributed by atoms with Crippen LogP contribution in [0.3, 0.4) is 0 Å². The summed E-state index contributed by atoms with van der Waals surface area (Å²) in [4.78, 5) is 30.7. The molecule has 0 bridgehead atoms. The standard InChI is InChI=1S/C16H17N3O4/c20-7-6-18-15(21)12-10-19(16(22)13-4-2-8-23-13)9-11-3-1-5-17-14(11)12/h1-5,8,12,20H,6-7,9-10H2,(H,18,21). The van der Waals surface area contributed by atoms with Crippen LogP contribution in [0.15, 0.2) is 41.1 Å². The third-order valence-electron chi connectivity index (χ3n) is 3.77. The van der Waals surface area contributed by atoms with Crippen LogP contribution in [0.25, 0.3) is 0 Å². The monoisotopic (exact) mass is 315 g/mol. The van der Waals surface area contributed by atoms with Gasteiger partial charge < -0.3 is 19.7 Å². The lowest BCUT2D eigenvalue weighted by molar-refractivity contribution is -0.123. The van der Waals surface area contributed by atoms with E-state index in [4.69, 9.17) is 9.52 Å². The predicted molar refractivity (Wildman–Crippen MR) is 80.5 cm³/mol. The first-order valence-electron chi connectivity index (χ1n) is 7.36. The molecule has 23 heavy (non-hydrogen) atoms. The number of nitrogens with zero attached hydrogens (tertiary/aromatic N) is 2. The van der Waals surface area contributed by atoms with Crippen molar-refractivity contribution in [3.8, 4) is 0 Å². The maximum Gasteiger partial charge on any atom is 0.289 e. The second-order valence-electron chi connectivity index (χ2n) is 5.28. The van der Waals surface area contributed by atoms with Gasteiger partial charge in [0.25, 0.3) is 5.91 Å². The molecular weight excluding hydrogens is 298 g/mol. The number of amides is 2. The van der Waals surface area contributed by atoms with Gasteiger partial charge in [0.2, 0.25) is 5.91 Å². The van der Waals surface area contributed by atoms with Crippen LogP contribution in [0, 0.1) is 0 Å². The molecule has 1 unspecified atom stereocenters. The van der Waals surface area contributed by atoms with E-state index in [1.807, 2.05) is 6.07 Å². The number of pyridine rings is 1. The molecule has 0 spiro atoms. The molecule has 120 valence electrons. The van der Waals surface area contributed by atoms with E-state index in [9.17, 15) is 9.59 Å². The SMILES string of the molecule is O=C(NCCO)C1CN(C(=O)c2ccco2)Cc2cccnc21. The van der Waals surface area contributed by atoms with Crippen LogP contribution in [-0.4, -0.2) is 46.5 Å². The first-order valence-corrected chi connectivity index (χ1v) is 7.36. The van der Waals surface area contributed by atoms with Crippen molar-refractivity contribution in [3.05, 3.63) is 53.7 Å². The molecule has 0 fully saturated rings. The van der Waals surface area contributed by atoms with Gasteiger partial charge in [-0.15, -0.1) is 0 Å². The van der Waals surface area contributed by atoms with Gasteiger partial charge in [0.05, 0.1) is 24.5 Å². The van der Waals surface area contributed by atoms with Crippen molar-refractivity contribution in [1.82, 2.24) is 15.2 Å². The summed E-state index contributed by atoms with van der Waals surface area (Å²) in [5.41, 5.74) is 1.51. The Morgan fingerprint density at radius 3 is 3.00 bits per heavy atom. The van der Waals surface area contributed by atoms with Crippen molar-refractivity contribution in [1.29, 1.82) is 0 Å². The van der Waals surface area contributed by atoms with Gasteiger partial charge in [0, 0.05) is 25.8 Å². The topological polar surface area (TPSA) is 95.7 Å². The molecule has 0 saturated carbocycles. The number of rotatable bonds is 4. The Bertz CT molecular complexity index is 699. The van der Waals surface area contributed by atoms with Crippen LogP contribution >= 0.6 is 0 Å². The number of carbonyl (C=O) groups is 2. The third kappa shape index (κ3) is 3.09. The van der Waals surface area contributed by atoms with Crippen LogP contribution in [0.1, 0.15) is 27.7 Å². The summed E-state index contributed by atoms with van der Waals surface area (Å²) in [7, 11) is 0. The quantitative estimate of drug-likeness (QED) is 0.858. The van der Waals surface area contributed by atoms with Crippen LogP contribution < -0.4 is 5.32 Å². The highest BCUT2D eigenvalue weighted by atomic mass is 16.3. The second kappa shape index (κ2) is 6.62. The molecule has 2 N–H and O–H groups in total. The number of nitrogens with one attached hydrogen (secondary N) is 1. The van der Waals surface area contributed by atoms with Crippen LogP contribution in [0.2, 0.25) is 0 Å². The van der Waals surface area contributed by atoms with Crippen molar-refractivity contribution in [3.63, 3.8) is 0 Å². The van der Waals surface area contributed by atoms with Gasteiger partial charge in [0.1, 0.15) is 0 Å². The van der Waals surface area contributed by atoms with E-state index in [1.165, 1.54) is 6.26 Å². The average Bonchev–Trinajstić information content (AvgIpc) is 3.12. The van der Waals surface area contributed by atoms with Gasteiger partial charge >= 0.3 is 0 Å². The summed E-state index contributed by atoms with van der Waals surface area (Å²) >= 11 is 0. The highest BCUT2D eigenvalue weighted by molar-refractivity contribution is 5.93. The number of aliphatic hydroxyl groups excluding tert-OH is 1. The average molecular weight is 315 g/mol. The van der Waals surface area contributed by atoms with Gasteiger partial charge in [-0.1, -0.05) is 6.07 Å². The summed E-state index contributed by atoms with van der Waals surface area (Å²) in [6, 6.07) is 6.89. The fourth-order valence-electron chi connectivity index (χ4n) is 2.70. The summed E-state index contributed by atoms with van der Waals surface area (Å²) in [5, 5.41) is 11.5. The fraction of sp³-hybridized carbons (Fsp3) is 0.312. The molecule has 0 radical (unpaired) electrons. The largest absolute Gasteiger partial charge is 0.459 e. The normalized spacial score (nSPS) is 16.7. The Morgan fingerprint density at radius 2 is 2.26 bits per heavy atom. The summed E-state index contributed by atoms with van der Waals surface area (Å²) in [6.07, 6.45) is 3.08. The van der Waals surface area contributed by atoms with E-state index in [1.54, 1.807) is 29.3 Å². The minimum Gasteiger partial charge on any atom is -0.459 e. The minimum absolute atomic E-state index is 0.136. The van der Waals surface area contributed by atoms with E-state index in [0.29, 0.717) is 12.2 Å². The molecule has 0 aromatic carbocycles. The first kappa shape index (κ1) is 15.2. The number of carbonyl (C=O) groups excluding carboxylic acids is 2. The summed E-state index contributed by atoms with van der Waals surface area (Å²) in [5.74, 6) is -0.835. The maximum atomic E-state index is 12.5. The van der Waals surface area contributed by atoms with E-state index < -0.39 is 5.92 Å². The van der Waals surface area contributed by atoms with E-state index in [-0.39, 0.29) is 37.3 Å². The molecule has 3 heterocycles. The van der Waals surface area contributed by atoms with Gasteiger partial charge in [0.15, 0.2) is 5.76 Å². The van der Waals surface area contributed by atoms with E-state index in [2.05, 4.69) is 10.3 Å². The Hall–Kier alpha value is -2.67. The minimum atomic E-state index is -0.564. The Balaban J connectivity index is 1.87. The number of furan rings is 1. The molecule has 2 amide bonds. The molecule has 0 saturated heterocycles. The highest BCUT2D eigenvalue weighted by Gasteiger charge is 2.34. The Kier molecular flexibility index (Phi) is 4.38.